The van der Waals surface area contributed by atoms with Crippen LogP contribution in [0.5, 0.6) is 0 Å². The van der Waals surface area contributed by atoms with Crippen LogP contribution in [-0.2, 0) is 4.79 Å². The summed E-state index contributed by atoms with van der Waals surface area (Å²) in [5.74, 6) is 4.59. The Morgan fingerprint density at radius 1 is 1.18 bits per heavy atom. The van der Waals surface area contributed by atoms with E-state index in [0.717, 1.165) is 24.3 Å². The van der Waals surface area contributed by atoms with Crippen molar-refractivity contribution in [1.82, 2.24) is 5.32 Å². The zero-order valence-electron chi connectivity index (χ0n) is 9.93. The maximum atomic E-state index is 11.4. The zero-order valence-corrected chi connectivity index (χ0v) is 11.6. The molecule has 0 unspecified atom stereocenters. The van der Waals surface area contributed by atoms with E-state index in [1.807, 2.05) is 23.5 Å². The summed E-state index contributed by atoms with van der Waals surface area (Å²) >= 11 is 4.01. The van der Waals surface area contributed by atoms with Crippen LogP contribution in [-0.4, -0.2) is 41.0 Å². The van der Waals surface area contributed by atoms with Gasteiger partial charge in [0.2, 0.25) is 5.91 Å². The number of carbonyl (C=O) groups excluding carboxylic acids is 1. The molecule has 3 nitrogen and oxygen atoms in total. The SMILES string of the molecule is NC(=O)[C@@H]1CC=CC[C@H]1NC1CSCCSC1. The molecular formula is C12H20N2OS2. The van der Waals surface area contributed by atoms with Crippen molar-refractivity contribution in [3.63, 3.8) is 0 Å². The van der Waals surface area contributed by atoms with Crippen LogP contribution in [0.15, 0.2) is 12.2 Å². The van der Waals surface area contributed by atoms with E-state index in [4.69, 9.17) is 5.73 Å². The largest absolute Gasteiger partial charge is 0.369 e. The number of rotatable bonds is 3. The standard InChI is InChI=1S/C12H20N2OS2/c13-12(15)10-3-1-2-4-11(10)14-9-7-16-5-6-17-8-9/h1-2,9-11,14H,3-8H2,(H2,13,15)/t10-,11-/m1/s1. The Morgan fingerprint density at radius 2 is 1.82 bits per heavy atom. The van der Waals surface area contributed by atoms with Crippen LogP contribution in [0.1, 0.15) is 12.8 Å². The minimum atomic E-state index is -0.166. The summed E-state index contributed by atoms with van der Waals surface area (Å²) in [5.41, 5.74) is 5.47. The van der Waals surface area contributed by atoms with Crippen LogP contribution < -0.4 is 11.1 Å². The molecule has 5 heteroatoms. The average molecular weight is 272 g/mol. The van der Waals surface area contributed by atoms with Crippen molar-refractivity contribution in [2.75, 3.05) is 23.0 Å². The van der Waals surface area contributed by atoms with Crippen molar-refractivity contribution < 1.29 is 4.79 Å². The van der Waals surface area contributed by atoms with E-state index in [9.17, 15) is 4.79 Å². The number of thioether (sulfide) groups is 2. The quantitative estimate of drug-likeness (QED) is 0.759. The van der Waals surface area contributed by atoms with Crippen molar-refractivity contribution >= 4 is 29.4 Å². The summed E-state index contributed by atoms with van der Waals surface area (Å²) in [4.78, 5) is 11.4. The fraction of sp³-hybridized carbons (Fsp3) is 0.750. The number of hydrogen-bond donors (Lipinski definition) is 2. The minimum absolute atomic E-state index is 0.0294. The first-order valence-electron chi connectivity index (χ1n) is 6.13. The molecule has 1 amide bonds. The van der Waals surface area contributed by atoms with Crippen molar-refractivity contribution in [2.24, 2.45) is 11.7 Å². The van der Waals surface area contributed by atoms with Gasteiger partial charge in [-0.1, -0.05) is 12.2 Å². The van der Waals surface area contributed by atoms with Gasteiger partial charge < -0.3 is 11.1 Å². The minimum Gasteiger partial charge on any atom is -0.369 e. The third-order valence-electron chi connectivity index (χ3n) is 3.26. The molecule has 3 N–H and O–H groups in total. The van der Waals surface area contributed by atoms with Crippen LogP contribution >= 0.6 is 23.5 Å². The van der Waals surface area contributed by atoms with Crippen molar-refractivity contribution in [3.05, 3.63) is 12.2 Å². The third-order valence-corrected chi connectivity index (χ3v) is 5.78. The maximum Gasteiger partial charge on any atom is 0.222 e. The molecule has 2 atom stereocenters. The van der Waals surface area contributed by atoms with E-state index in [1.165, 1.54) is 11.5 Å². The normalized spacial score (nSPS) is 31.1. The molecule has 1 heterocycles. The number of nitrogens with two attached hydrogens (primary N) is 1. The molecule has 2 aliphatic rings. The highest BCUT2D eigenvalue weighted by Crippen LogP contribution is 2.22. The highest BCUT2D eigenvalue weighted by atomic mass is 32.2. The number of amides is 1. The van der Waals surface area contributed by atoms with Crippen molar-refractivity contribution in [2.45, 2.75) is 24.9 Å². The second kappa shape index (κ2) is 6.71. The molecule has 0 saturated carbocycles. The lowest BCUT2D eigenvalue weighted by atomic mass is 9.88. The monoisotopic (exact) mass is 272 g/mol. The Kier molecular flexibility index (Phi) is 5.25. The molecule has 0 aromatic carbocycles. The van der Waals surface area contributed by atoms with Crippen LogP contribution in [0.3, 0.4) is 0 Å². The Hall–Kier alpha value is -0.130. The van der Waals surface area contributed by atoms with Gasteiger partial charge in [-0.15, -0.1) is 0 Å². The Morgan fingerprint density at radius 3 is 2.47 bits per heavy atom. The predicted octanol–water partition coefficient (Wildman–Crippen LogP) is 1.24. The second-order valence-corrected chi connectivity index (χ2v) is 6.87. The summed E-state index contributed by atoms with van der Waals surface area (Å²) in [6.07, 6.45) is 5.96. The number of allylic oxidation sites excluding steroid dienone is 1. The highest BCUT2D eigenvalue weighted by Gasteiger charge is 2.29. The molecular weight excluding hydrogens is 252 g/mol. The molecule has 1 aliphatic carbocycles. The van der Waals surface area contributed by atoms with E-state index in [0.29, 0.717) is 6.04 Å². The van der Waals surface area contributed by atoms with Crippen LogP contribution in [0.25, 0.3) is 0 Å². The smallest absolute Gasteiger partial charge is 0.222 e. The fourth-order valence-electron chi connectivity index (χ4n) is 2.33. The summed E-state index contributed by atoms with van der Waals surface area (Å²) in [5, 5.41) is 3.64. The maximum absolute atomic E-state index is 11.4. The van der Waals surface area contributed by atoms with Gasteiger partial charge in [0.05, 0.1) is 5.92 Å². The molecule has 0 bridgehead atoms. The third kappa shape index (κ3) is 3.93. The van der Waals surface area contributed by atoms with Crippen LogP contribution in [0, 0.1) is 5.92 Å². The molecule has 0 radical (unpaired) electrons. The van der Waals surface area contributed by atoms with Gasteiger partial charge >= 0.3 is 0 Å². The van der Waals surface area contributed by atoms with Crippen molar-refractivity contribution in [3.8, 4) is 0 Å². The topological polar surface area (TPSA) is 55.1 Å². The van der Waals surface area contributed by atoms with Gasteiger partial charge in [-0.2, -0.15) is 23.5 Å². The average Bonchev–Trinajstić information content (AvgIpc) is 2.58. The van der Waals surface area contributed by atoms with E-state index in [1.54, 1.807) is 0 Å². The number of nitrogens with one attached hydrogen (secondary N) is 1. The lowest BCUT2D eigenvalue weighted by Crippen LogP contribution is -2.49. The first-order chi connectivity index (χ1) is 8.27. The van der Waals surface area contributed by atoms with Crippen molar-refractivity contribution in [1.29, 1.82) is 0 Å². The summed E-state index contributed by atoms with van der Waals surface area (Å²) in [6.45, 7) is 0. The summed E-state index contributed by atoms with van der Waals surface area (Å²) in [6, 6.07) is 0.757. The second-order valence-electron chi connectivity index (χ2n) is 4.57. The van der Waals surface area contributed by atoms with Gasteiger partial charge in [-0.25, -0.2) is 0 Å². The summed E-state index contributed by atoms with van der Waals surface area (Å²) < 4.78 is 0. The predicted molar refractivity (Wildman–Crippen MR) is 76.4 cm³/mol. The number of hydrogen-bond acceptors (Lipinski definition) is 4. The lowest BCUT2D eigenvalue weighted by Gasteiger charge is -2.30. The first-order valence-corrected chi connectivity index (χ1v) is 8.44. The molecule has 2 rings (SSSR count). The van der Waals surface area contributed by atoms with Gasteiger partial charge in [-0.3, -0.25) is 4.79 Å². The number of primary amides is 1. The van der Waals surface area contributed by atoms with Gasteiger partial charge in [0.25, 0.3) is 0 Å². The van der Waals surface area contributed by atoms with E-state index in [-0.39, 0.29) is 17.9 Å². The van der Waals surface area contributed by atoms with Gasteiger partial charge in [0.15, 0.2) is 0 Å². The molecule has 0 aromatic heterocycles. The van der Waals surface area contributed by atoms with Gasteiger partial charge in [0, 0.05) is 35.1 Å². The van der Waals surface area contributed by atoms with Gasteiger partial charge in [-0.05, 0) is 12.8 Å². The lowest BCUT2D eigenvalue weighted by molar-refractivity contribution is -0.122. The molecule has 0 aromatic rings. The van der Waals surface area contributed by atoms with Crippen LogP contribution in [0.2, 0.25) is 0 Å². The number of carbonyl (C=O) groups is 1. The molecule has 1 fully saturated rings. The summed E-state index contributed by atoms with van der Waals surface area (Å²) in [7, 11) is 0. The zero-order chi connectivity index (χ0) is 12.1. The van der Waals surface area contributed by atoms with E-state index < -0.39 is 0 Å². The first kappa shape index (κ1) is 13.3. The molecule has 96 valence electrons. The Bertz CT molecular complexity index is 288. The van der Waals surface area contributed by atoms with E-state index in [2.05, 4.69) is 17.5 Å². The molecule has 1 saturated heterocycles. The fourth-order valence-corrected chi connectivity index (χ4v) is 4.75. The molecule has 17 heavy (non-hydrogen) atoms. The van der Waals surface area contributed by atoms with E-state index >= 15 is 0 Å². The highest BCUT2D eigenvalue weighted by molar-refractivity contribution is 8.03. The van der Waals surface area contributed by atoms with Crippen LogP contribution in [0.4, 0.5) is 0 Å². The molecule has 0 spiro atoms. The molecule has 1 aliphatic heterocycles. The van der Waals surface area contributed by atoms with Gasteiger partial charge in [0.1, 0.15) is 0 Å². The Labute approximate surface area is 111 Å². The Balaban J connectivity index is 1.91.